The summed E-state index contributed by atoms with van der Waals surface area (Å²) in [6.07, 6.45) is 5.52. The number of methoxy groups -OCH3 is 1. The lowest BCUT2D eigenvalue weighted by Crippen LogP contribution is -2.54. The first-order valence-corrected chi connectivity index (χ1v) is 7.57. The van der Waals surface area contributed by atoms with E-state index in [0.717, 1.165) is 38.5 Å². The van der Waals surface area contributed by atoms with E-state index in [-0.39, 0.29) is 5.60 Å². The van der Waals surface area contributed by atoms with Crippen LogP contribution in [-0.2, 0) is 16.0 Å². The number of ether oxygens (including phenoxy) is 2. The Hall–Kier alpha value is -0.970. The van der Waals surface area contributed by atoms with Crippen molar-refractivity contribution in [3.8, 4) is 0 Å². The summed E-state index contributed by atoms with van der Waals surface area (Å²) in [6.45, 7) is 4.58. The van der Waals surface area contributed by atoms with E-state index in [0.29, 0.717) is 5.92 Å². The van der Waals surface area contributed by atoms with E-state index in [9.17, 15) is 0 Å². The summed E-state index contributed by atoms with van der Waals surface area (Å²) in [5.41, 5.74) is 1.16. The Bertz CT molecular complexity index is 426. The molecule has 2 heterocycles. The van der Waals surface area contributed by atoms with Crippen molar-refractivity contribution in [2.45, 2.75) is 31.4 Å². The van der Waals surface area contributed by atoms with E-state index in [4.69, 9.17) is 9.47 Å². The summed E-state index contributed by atoms with van der Waals surface area (Å²) in [5, 5.41) is 0. The fraction of sp³-hybridized carbons (Fsp3) is 0.688. The van der Waals surface area contributed by atoms with E-state index in [1.807, 2.05) is 12.3 Å². The average Bonchev–Trinajstić information content (AvgIpc) is 2.83. The van der Waals surface area contributed by atoms with Gasteiger partial charge in [0, 0.05) is 38.9 Å². The van der Waals surface area contributed by atoms with Crippen LogP contribution in [0.15, 0.2) is 24.4 Å². The Balaban J connectivity index is 1.67. The zero-order valence-electron chi connectivity index (χ0n) is 12.3. The Morgan fingerprint density at radius 1 is 1.50 bits per heavy atom. The van der Waals surface area contributed by atoms with Gasteiger partial charge in [0.25, 0.3) is 0 Å². The first kappa shape index (κ1) is 14.0. The molecule has 0 unspecified atom stereocenters. The predicted molar refractivity (Wildman–Crippen MR) is 77.4 cm³/mol. The van der Waals surface area contributed by atoms with Crippen LogP contribution >= 0.6 is 0 Å². The van der Waals surface area contributed by atoms with E-state index in [1.54, 1.807) is 7.11 Å². The van der Waals surface area contributed by atoms with Crippen LogP contribution in [0.1, 0.15) is 25.0 Å². The molecule has 3 rings (SSSR count). The van der Waals surface area contributed by atoms with Gasteiger partial charge in [-0.1, -0.05) is 12.5 Å². The Labute approximate surface area is 121 Å². The minimum absolute atomic E-state index is 0.0169. The lowest BCUT2D eigenvalue weighted by atomic mass is 9.89. The number of rotatable bonds is 4. The third kappa shape index (κ3) is 2.87. The topological polar surface area (TPSA) is 34.6 Å². The highest BCUT2D eigenvalue weighted by molar-refractivity contribution is 5.05. The molecule has 2 aliphatic rings. The zero-order chi connectivity index (χ0) is 13.8. The molecule has 1 saturated heterocycles. The van der Waals surface area contributed by atoms with Gasteiger partial charge in [0.2, 0.25) is 0 Å². The van der Waals surface area contributed by atoms with Gasteiger partial charge in [-0.25, -0.2) is 0 Å². The zero-order valence-corrected chi connectivity index (χ0v) is 12.3. The standard InChI is InChI=1S/C16H24N2O2/c1-19-12-14-5-4-7-16(14)13-18(9-10-20-16)11-15-6-2-3-8-17-15/h2-3,6,8,14H,4-5,7,9-13H2,1H3/t14-,16+/m0/s1. The van der Waals surface area contributed by atoms with Gasteiger partial charge in [0.1, 0.15) is 0 Å². The molecule has 1 aromatic heterocycles. The van der Waals surface area contributed by atoms with Crippen molar-refractivity contribution in [2.24, 2.45) is 5.92 Å². The number of pyridine rings is 1. The third-order valence-electron chi connectivity index (χ3n) is 4.66. The molecule has 4 heteroatoms. The number of hydrogen-bond acceptors (Lipinski definition) is 4. The highest BCUT2D eigenvalue weighted by Crippen LogP contribution is 2.41. The molecule has 2 atom stereocenters. The SMILES string of the molecule is COC[C@@H]1CCC[C@@]12CN(Cc1ccccn1)CCO2. The van der Waals surface area contributed by atoms with Crippen molar-refractivity contribution >= 4 is 0 Å². The number of aromatic nitrogens is 1. The minimum atomic E-state index is 0.0169. The quantitative estimate of drug-likeness (QED) is 0.843. The maximum atomic E-state index is 6.22. The molecule has 1 aliphatic heterocycles. The maximum Gasteiger partial charge on any atom is 0.0859 e. The molecule has 0 aromatic carbocycles. The van der Waals surface area contributed by atoms with Gasteiger partial charge in [-0.05, 0) is 25.0 Å². The fourth-order valence-corrected chi connectivity index (χ4v) is 3.69. The smallest absolute Gasteiger partial charge is 0.0859 e. The van der Waals surface area contributed by atoms with Crippen LogP contribution in [-0.4, -0.2) is 48.9 Å². The summed E-state index contributed by atoms with van der Waals surface area (Å²) in [5.74, 6) is 0.541. The number of hydrogen-bond donors (Lipinski definition) is 0. The first-order valence-electron chi connectivity index (χ1n) is 7.57. The largest absolute Gasteiger partial charge is 0.384 e. The van der Waals surface area contributed by atoms with E-state index >= 15 is 0 Å². The van der Waals surface area contributed by atoms with Gasteiger partial charge >= 0.3 is 0 Å². The molecule has 1 aliphatic carbocycles. The van der Waals surface area contributed by atoms with Crippen molar-refractivity contribution in [1.82, 2.24) is 9.88 Å². The molecule has 0 bridgehead atoms. The molecular formula is C16H24N2O2. The van der Waals surface area contributed by atoms with Crippen molar-refractivity contribution in [3.63, 3.8) is 0 Å². The van der Waals surface area contributed by atoms with Crippen LogP contribution in [0.25, 0.3) is 0 Å². The molecule has 0 amide bonds. The monoisotopic (exact) mass is 276 g/mol. The second-order valence-electron chi connectivity index (χ2n) is 5.99. The Morgan fingerprint density at radius 3 is 3.25 bits per heavy atom. The van der Waals surface area contributed by atoms with Crippen LogP contribution in [0.2, 0.25) is 0 Å². The van der Waals surface area contributed by atoms with E-state index in [1.165, 1.54) is 19.3 Å². The van der Waals surface area contributed by atoms with Gasteiger partial charge < -0.3 is 9.47 Å². The second kappa shape index (κ2) is 6.20. The molecule has 0 radical (unpaired) electrons. The molecule has 110 valence electrons. The molecule has 1 aromatic rings. The van der Waals surface area contributed by atoms with Gasteiger partial charge in [-0.3, -0.25) is 9.88 Å². The van der Waals surface area contributed by atoms with Gasteiger partial charge in [-0.2, -0.15) is 0 Å². The molecule has 1 spiro atoms. The Morgan fingerprint density at radius 2 is 2.45 bits per heavy atom. The molecule has 2 fully saturated rings. The van der Waals surface area contributed by atoms with Gasteiger partial charge in [-0.15, -0.1) is 0 Å². The van der Waals surface area contributed by atoms with E-state index in [2.05, 4.69) is 22.0 Å². The van der Waals surface area contributed by atoms with Gasteiger partial charge in [0.15, 0.2) is 0 Å². The second-order valence-corrected chi connectivity index (χ2v) is 5.99. The van der Waals surface area contributed by atoms with Crippen molar-refractivity contribution in [3.05, 3.63) is 30.1 Å². The summed E-state index contributed by atoms with van der Waals surface area (Å²) < 4.78 is 11.6. The number of morpholine rings is 1. The molecule has 4 nitrogen and oxygen atoms in total. The van der Waals surface area contributed by atoms with Crippen LogP contribution in [0.3, 0.4) is 0 Å². The minimum Gasteiger partial charge on any atom is -0.384 e. The summed E-state index contributed by atoms with van der Waals surface area (Å²) in [4.78, 5) is 6.92. The molecule has 0 N–H and O–H groups in total. The van der Waals surface area contributed by atoms with Crippen molar-refractivity contribution in [1.29, 1.82) is 0 Å². The van der Waals surface area contributed by atoms with Crippen LogP contribution < -0.4 is 0 Å². The Kier molecular flexibility index (Phi) is 4.34. The average molecular weight is 276 g/mol. The maximum absolute atomic E-state index is 6.22. The molecular weight excluding hydrogens is 252 g/mol. The first-order chi connectivity index (χ1) is 9.82. The van der Waals surface area contributed by atoms with Crippen molar-refractivity contribution < 1.29 is 9.47 Å². The van der Waals surface area contributed by atoms with Crippen molar-refractivity contribution in [2.75, 3.05) is 33.4 Å². The van der Waals surface area contributed by atoms with Crippen LogP contribution in [0, 0.1) is 5.92 Å². The van der Waals surface area contributed by atoms with Crippen LogP contribution in [0.4, 0.5) is 0 Å². The van der Waals surface area contributed by atoms with Crippen LogP contribution in [0.5, 0.6) is 0 Å². The normalized spacial score (nSPS) is 30.9. The fourth-order valence-electron chi connectivity index (χ4n) is 3.69. The lowest BCUT2D eigenvalue weighted by molar-refractivity contribution is -0.141. The summed E-state index contributed by atoms with van der Waals surface area (Å²) >= 11 is 0. The molecule has 1 saturated carbocycles. The summed E-state index contributed by atoms with van der Waals surface area (Å²) in [6, 6.07) is 6.13. The lowest BCUT2D eigenvalue weighted by Gasteiger charge is -2.44. The van der Waals surface area contributed by atoms with E-state index < -0.39 is 0 Å². The predicted octanol–water partition coefficient (Wildman–Crippen LogP) is 2.10. The van der Waals surface area contributed by atoms with Gasteiger partial charge in [0.05, 0.1) is 24.5 Å². The highest BCUT2D eigenvalue weighted by atomic mass is 16.5. The molecule has 20 heavy (non-hydrogen) atoms. The third-order valence-corrected chi connectivity index (χ3v) is 4.66. The number of nitrogens with zero attached hydrogens (tertiary/aromatic N) is 2. The summed E-state index contributed by atoms with van der Waals surface area (Å²) in [7, 11) is 1.79. The highest BCUT2D eigenvalue weighted by Gasteiger charge is 2.46.